The first-order valence-electron chi connectivity index (χ1n) is 18.6. The van der Waals surface area contributed by atoms with Gasteiger partial charge in [0.1, 0.15) is 22.8 Å². The first-order valence-corrected chi connectivity index (χ1v) is 18.6. The molecule has 2 aliphatic heterocycles. The number of carbonyl (C=O) groups is 3. The summed E-state index contributed by atoms with van der Waals surface area (Å²) in [6, 6.07) is 10.2. The third-order valence-electron chi connectivity index (χ3n) is 9.05. The average Bonchev–Trinajstić information content (AvgIpc) is 3.16. The molecule has 3 aromatic carbocycles. The van der Waals surface area contributed by atoms with Gasteiger partial charge in [-0.3, -0.25) is 15.4 Å². The molecule has 0 radical (unpaired) electrons. The van der Waals surface area contributed by atoms with Crippen LogP contribution in [0.2, 0.25) is 0 Å². The number of rotatable bonds is 9. The molecule has 328 valence electrons. The summed E-state index contributed by atoms with van der Waals surface area (Å²) in [5, 5.41) is 22.0. The lowest BCUT2D eigenvalue weighted by atomic mass is 9.99. The Morgan fingerprint density at radius 3 is 1.85 bits per heavy atom. The van der Waals surface area contributed by atoms with Gasteiger partial charge in [-0.15, -0.1) is 0 Å². The Morgan fingerprint density at radius 2 is 1.33 bits per heavy atom. The molecule has 60 heavy (non-hydrogen) atoms. The Morgan fingerprint density at radius 1 is 0.817 bits per heavy atom. The number of non-ortho nitro benzene ring substituents is 1. The van der Waals surface area contributed by atoms with Crippen LogP contribution < -0.4 is 25.3 Å². The number of benzene rings is 3. The lowest BCUT2D eigenvalue weighted by Crippen LogP contribution is -2.44. The molecule has 4 N–H and O–H groups in total. The summed E-state index contributed by atoms with van der Waals surface area (Å²) in [7, 11) is 0. The van der Waals surface area contributed by atoms with E-state index in [1.54, 1.807) is 25.7 Å². The van der Waals surface area contributed by atoms with Crippen LogP contribution in [0.15, 0.2) is 60.7 Å². The Labute approximate surface area is 340 Å². The molecule has 3 amide bonds. The van der Waals surface area contributed by atoms with Crippen LogP contribution in [-0.4, -0.2) is 83.1 Å². The minimum atomic E-state index is -4.67. The van der Waals surface area contributed by atoms with Gasteiger partial charge < -0.3 is 39.6 Å². The summed E-state index contributed by atoms with van der Waals surface area (Å²) in [5.74, 6) is 0.00508. The normalized spacial score (nSPS) is 17.1. The van der Waals surface area contributed by atoms with Gasteiger partial charge in [0.25, 0.3) is 5.69 Å². The van der Waals surface area contributed by atoms with E-state index in [1.165, 1.54) is 23.1 Å². The van der Waals surface area contributed by atoms with Gasteiger partial charge in [-0.1, -0.05) is 0 Å². The van der Waals surface area contributed by atoms with Crippen LogP contribution in [0.5, 0.6) is 17.2 Å². The molecule has 2 heterocycles. The number of ether oxygens (including phenoxy) is 4. The number of alkyl halides is 6. The molecule has 2 fully saturated rings. The predicted molar refractivity (Wildman–Crippen MR) is 204 cm³/mol. The molecule has 0 saturated carbocycles. The molecular formula is C39H45F6N5O10. The number of nitro groups is 1. The maximum Gasteiger partial charge on any atom is 0.417 e. The SMILES string of the molecule is CC(C)(C)OC(=O)N1CCCC(COc2ccc(C(F)(F)F)cc2NC(=O)Oc2ccc([N+](=O)[O-])cc2)C1.Nc1cc(C(F)(F)F)ccc1OCC1CCCN(C(=O)O)C1. The highest BCUT2D eigenvalue weighted by Crippen LogP contribution is 2.37. The van der Waals surface area contributed by atoms with Gasteiger partial charge in [0.2, 0.25) is 0 Å². The van der Waals surface area contributed by atoms with Crippen molar-refractivity contribution >= 4 is 35.3 Å². The number of piperidine rings is 2. The Balaban J connectivity index is 0.000000305. The molecule has 3 aromatic rings. The number of likely N-dealkylation sites (tertiary alicyclic amines) is 2. The van der Waals surface area contributed by atoms with E-state index in [-0.39, 0.29) is 59.4 Å². The first-order chi connectivity index (χ1) is 28.0. The molecule has 5 rings (SSSR count). The van der Waals surface area contributed by atoms with Crippen LogP contribution in [0.25, 0.3) is 0 Å². The minimum absolute atomic E-state index is 0.00606. The topological polar surface area (TPSA) is 196 Å². The number of hydrogen-bond acceptors (Lipinski definition) is 10. The zero-order valence-electron chi connectivity index (χ0n) is 32.8. The maximum absolute atomic E-state index is 13.3. The third kappa shape index (κ3) is 14.3. The van der Waals surface area contributed by atoms with Crippen LogP contribution in [0.1, 0.15) is 57.6 Å². The van der Waals surface area contributed by atoms with E-state index < -0.39 is 52.3 Å². The fraction of sp³-hybridized carbons (Fsp3) is 0.462. The number of nitro benzene ring substituents is 1. The van der Waals surface area contributed by atoms with Crippen molar-refractivity contribution in [1.82, 2.24) is 9.80 Å². The molecule has 2 atom stereocenters. The number of carbonyl (C=O) groups excluding carboxylic acids is 2. The van der Waals surface area contributed by atoms with Crippen molar-refractivity contribution in [2.45, 2.75) is 64.4 Å². The fourth-order valence-electron chi connectivity index (χ4n) is 6.15. The van der Waals surface area contributed by atoms with E-state index in [4.69, 9.17) is 29.8 Å². The van der Waals surface area contributed by atoms with Crippen molar-refractivity contribution in [2.75, 3.05) is 50.4 Å². The third-order valence-corrected chi connectivity index (χ3v) is 9.05. The lowest BCUT2D eigenvalue weighted by molar-refractivity contribution is -0.384. The zero-order valence-corrected chi connectivity index (χ0v) is 32.8. The molecule has 0 aromatic heterocycles. The number of nitrogens with two attached hydrogens (primary N) is 1. The standard InChI is InChI=1S/C25H28F3N3O7.C14H17F3N2O3/c1-24(2,3)38-23(33)30-12-4-5-16(14-30)15-36-21-11-6-17(25(26,27)28)13-20(21)29-22(32)37-19-9-7-18(8-10-19)31(34)35;15-14(16,17)10-3-4-12(11(18)6-10)22-8-9-2-1-5-19(7-9)13(20)21/h6-11,13,16H,4-5,12,14-15H2,1-3H3,(H,29,32);3-4,6,9H,1-2,5,7-8,18H2,(H,20,21). The number of nitrogen functional groups attached to an aromatic ring is 1. The van der Waals surface area contributed by atoms with E-state index in [1.807, 2.05) is 0 Å². The minimum Gasteiger partial charge on any atom is -0.491 e. The number of nitrogens with one attached hydrogen (secondary N) is 1. The van der Waals surface area contributed by atoms with E-state index in [0.717, 1.165) is 61.7 Å². The molecule has 2 aliphatic rings. The highest BCUT2D eigenvalue weighted by Gasteiger charge is 2.33. The Bertz CT molecular complexity index is 1970. The number of halogens is 6. The average molecular weight is 858 g/mol. The molecule has 2 unspecified atom stereocenters. The van der Waals surface area contributed by atoms with Gasteiger partial charge in [-0.05, 0) is 95.0 Å². The van der Waals surface area contributed by atoms with Crippen molar-refractivity contribution in [3.8, 4) is 17.2 Å². The van der Waals surface area contributed by atoms with Crippen molar-refractivity contribution in [2.24, 2.45) is 11.8 Å². The molecule has 2 saturated heterocycles. The summed E-state index contributed by atoms with van der Waals surface area (Å²) in [6.07, 6.45) is -8.68. The van der Waals surface area contributed by atoms with Crippen molar-refractivity contribution in [3.63, 3.8) is 0 Å². The van der Waals surface area contributed by atoms with Gasteiger partial charge in [0, 0.05) is 50.1 Å². The van der Waals surface area contributed by atoms with Gasteiger partial charge in [0.15, 0.2) is 0 Å². The van der Waals surface area contributed by atoms with Gasteiger partial charge in [-0.2, -0.15) is 26.3 Å². The molecule has 0 aliphatic carbocycles. The van der Waals surface area contributed by atoms with Crippen LogP contribution in [0, 0.1) is 22.0 Å². The zero-order chi connectivity index (χ0) is 44.4. The molecule has 0 bridgehead atoms. The fourth-order valence-corrected chi connectivity index (χ4v) is 6.15. The van der Waals surface area contributed by atoms with E-state index in [0.29, 0.717) is 32.6 Å². The number of nitrogens with zero attached hydrogens (tertiary/aromatic N) is 3. The second-order valence-corrected chi connectivity index (χ2v) is 15.0. The highest BCUT2D eigenvalue weighted by atomic mass is 19.4. The summed E-state index contributed by atoms with van der Waals surface area (Å²) < 4.78 is 99.2. The van der Waals surface area contributed by atoms with Crippen molar-refractivity contribution in [3.05, 3.63) is 81.9 Å². The largest absolute Gasteiger partial charge is 0.491 e. The second-order valence-electron chi connectivity index (χ2n) is 15.0. The smallest absolute Gasteiger partial charge is 0.417 e. The second kappa shape index (κ2) is 19.7. The summed E-state index contributed by atoms with van der Waals surface area (Å²) in [5.41, 5.74) is 2.52. The van der Waals surface area contributed by atoms with Crippen LogP contribution in [-0.2, 0) is 17.1 Å². The summed E-state index contributed by atoms with van der Waals surface area (Å²) >= 11 is 0. The van der Waals surface area contributed by atoms with E-state index in [9.17, 15) is 50.8 Å². The molecule has 15 nitrogen and oxygen atoms in total. The molecule has 21 heteroatoms. The van der Waals surface area contributed by atoms with E-state index in [2.05, 4.69) is 5.32 Å². The monoisotopic (exact) mass is 857 g/mol. The van der Waals surface area contributed by atoms with Crippen LogP contribution in [0.4, 0.5) is 57.8 Å². The van der Waals surface area contributed by atoms with Crippen molar-refractivity contribution in [1.29, 1.82) is 0 Å². The Kier molecular flexibility index (Phi) is 15.3. The lowest BCUT2D eigenvalue weighted by Gasteiger charge is -2.34. The summed E-state index contributed by atoms with van der Waals surface area (Å²) in [4.78, 5) is 48.7. The number of hydrogen-bond donors (Lipinski definition) is 3. The summed E-state index contributed by atoms with van der Waals surface area (Å²) in [6.45, 7) is 7.32. The maximum atomic E-state index is 13.3. The van der Waals surface area contributed by atoms with Crippen molar-refractivity contribution < 1.29 is 69.7 Å². The Hall–Kier alpha value is -6.15. The number of amides is 3. The number of carboxylic acid groups (broad SMARTS) is 1. The molecule has 0 spiro atoms. The predicted octanol–water partition coefficient (Wildman–Crippen LogP) is 9.31. The van der Waals surface area contributed by atoms with Crippen LogP contribution in [0.3, 0.4) is 0 Å². The highest BCUT2D eigenvalue weighted by molar-refractivity contribution is 5.88. The van der Waals surface area contributed by atoms with Gasteiger partial charge in [0.05, 0.1) is 40.6 Å². The first kappa shape index (κ1) is 46.5. The van der Waals surface area contributed by atoms with Crippen LogP contribution >= 0.6 is 0 Å². The quantitative estimate of drug-likeness (QED) is 0.0803. The van der Waals surface area contributed by atoms with Gasteiger partial charge in [-0.25, -0.2) is 14.4 Å². The molecular weight excluding hydrogens is 812 g/mol. The van der Waals surface area contributed by atoms with Gasteiger partial charge >= 0.3 is 30.6 Å². The number of anilines is 2. The van der Waals surface area contributed by atoms with E-state index >= 15 is 0 Å².